The highest BCUT2D eigenvalue weighted by atomic mass is 35.5. The minimum absolute atomic E-state index is 0.141. The number of rotatable bonds is 7. The van der Waals surface area contributed by atoms with Crippen molar-refractivity contribution in [1.82, 2.24) is 15.4 Å². The van der Waals surface area contributed by atoms with Crippen LogP contribution in [0.25, 0.3) is 0 Å². The number of nitrogens with two attached hydrogens (primary N) is 1. The lowest BCUT2D eigenvalue weighted by Gasteiger charge is -2.15. The molecular weight excluding hydrogens is 408 g/mol. The first-order chi connectivity index (χ1) is 14.5. The molecule has 10 heteroatoms. The SMILES string of the molecule is CCOC(=O)c1ccccc1Nc1ncnc(NNC(=O)c2cccc(Cl)c2)c1N. The van der Waals surface area contributed by atoms with Gasteiger partial charge in [0, 0.05) is 10.6 Å². The van der Waals surface area contributed by atoms with Crippen molar-refractivity contribution in [3.05, 3.63) is 71.0 Å². The number of carbonyl (C=O) groups excluding carboxylic acids is 2. The van der Waals surface area contributed by atoms with E-state index in [1.807, 2.05) is 0 Å². The molecule has 3 aromatic rings. The van der Waals surface area contributed by atoms with Gasteiger partial charge in [-0.3, -0.25) is 15.6 Å². The molecule has 5 N–H and O–H groups in total. The Labute approximate surface area is 177 Å². The largest absolute Gasteiger partial charge is 0.462 e. The number of nitrogens with zero attached hydrogens (tertiary/aromatic N) is 2. The Morgan fingerprint density at radius 1 is 1.10 bits per heavy atom. The van der Waals surface area contributed by atoms with E-state index < -0.39 is 11.9 Å². The number of aromatic nitrogens is 2. The minimum Gasteiger partial charge on any atom is -0.462 e. The van der Waals surface area contributed by atoms with E-state index in [2.05, 4.69) is 26.1 Å². The Morgan fingerprint density at radius 2 is 1.87 bits per heavy atom. The minimum atomic E-state index is -0.472. The monoisotopic (exact) mass is 426 g/mol. The number of esters is 1. The number of carbonyl (C=O) groups is 2. The van der Waals surface area contributed by atoms with Crippen LogP contribution in [0.5, 0.6) is 0 Å². The zero-order valence-electron chi connectivity index (χ0n) is 16.0. The van der Waals surface area contributed by atoms with Crippen molar-refractivity contribution in [1.29, 1.82) is 0 Å². The molecule has 0 atom stereocenters. The van der Waals surface area contributed by atoms with Crippen LogP contribution >= 0.6 is 11.6 Å². The molecule has 0 bridgehead atoms. The predicted molar refractivity (Wildman–Crippen MR) is 115 cm³/mol. The molecule has 0 aliphatic heterocycles. The Bertz CT molecular complexity index is 1080. The van der Waals surface area contributed by atoms with Gasteiger partial charge in [0.1, 0.15) is 12.0 Å². The summed E-state index contributed by atoms with van der Waals surface area (Å²) in [6.45, 7) is 1.98. The highest BCUT2D eigenvalue weighted by Crippen LogP contribution is 2.27. The van der Waals surface area contributed by atoms with Gasteiger partial charge < -0.3 is 15.8 Å². The molecule has 1 heterocycles. The number of amides is 1. The van der Waals surface area contributed by atoms with Crippen LogP contribution in [0.15, 0.2) is 54.9 Å². The van der Waals surface area contributed by atoms with E-state index in [4.69, 9.17) is 22.1 Å². The third-order valence-electron chi connectivity index (χ3n) is 3.94. The van der Waals surface area contributed by atoms with Crippen LogP contribution < -0.4 is 21.9 Å². The van der Waals surface area contributed by atoms with Crippen molar-refractivity contribution in [3.8, 4) is 0 Å². The van der Waals surface area contributed by atoms with E-state index in [9.17, 15) is 9.59 Å². The summed E-state index contributed by atoms with van der Waals surface area (Å²) in [7, 11) is 0. The van der Waals surface area contributed by atoms with E-state index in [0.717, 1.165) is 0 Å². The van der Waals surface area contributed by atoms with Gasteiger partial charge in [-0.25, -0.2) is 14.8 Å². The lowest BCUT2D eigenvalue weighted by molar-refractivity contribution is 0.0527. The molecular formula is C20H19ClN6O3. The number of nitrogen functional groups attached to an aromatic ring is 1. The zero-order valence-corrected chi connectivity index (χ0v) is 16.7. The molecule has 0 aliphatic rings. The molecule has 0 fully saturated rings. The number of hydrogen-bond acceptors (Lipinski definition) is 8. The number of anilines is 4. The van der Waals surface area contributed by atoms with Crippen LogP contribution in [0.3, 0.4) is 0 Å². The summed E-state index contributed by atoms with van der Waals surface area (Å²) >= 11 is 5.90. The summed E-state index contributed by atoms with van der Waals surface area (Å²) in [4.78, 5) is 32.5. The van der Waals surface area contributed by atoms with E-state index in [0.29, 0.717) is 21.8 Å². The molecule has 154 valence electrons. The van der Waals surface area contributed by atoms with Crippen molar-refractivity contribution in [3.63, 3.8) is 0 Å². The Hall–Kier alpha value is -3.85. The van der Waals surface area contributed by atoms with Crippen molar-refractivity contribution >= 4 is 46.5 Å². The molecule has 3 rings (SSSR count). The zero-order chi connectivity index (χ0) is 21.5. The van der Waals surface area contributed by atoms with Gasteiger partial charge >= 0.3 is 5.97 Å². The van der Waals surface area contributed by atoms with Gasteiger partial charge in [0.05, 0.1) is 17.9 Å². The van der Waals surface area contributed by atoms with Crippen LogP contribution in [0.2, 0.25) is 5.02 Å². The molecule has 0 radical (unpaired) electrons. The summed E-state index contributed by atoms with van der Waals surface area (Å²) in [6, 6.07) is 13.3. The molecule has 0 spiro atoms. The van der Waals surface area contributed by atoms with Gasteiger partial charge in [-0.15, -0.1) is 0 Å². The van der Waals surface area contributed by atoms with Gasteiger partial charge in [0.2, 0.25) is 0 Å². The van der Waals surface area contributed by atoms with Crippen molar-refractivity contribution in [2.24, 2.45) is 0 Å². The number of benzene rings is 2. The van der Waals surface area contributed by atoms with E-state index in [-0.39, 0.29) is 23.9 Å². The third kappa shape index (κ3) is 4.95. The second-order valence-electron chi connectivity index (χ2n) is 5.97. The molecule has 30 heavy (non-hydrogen) atoms. The molecule has 0 aliphatic carbocycles. The average Bonchev–Trinajstić information content (AvgIpc) is 2.74. The Kier molecular flexibility index (Phi) is 6.66. The first-order valence-electron chi connectivity index (χ1n) is 8.95. The smallest absolute Gasteiger partial charge is 0.340 e. The number of halogens is 1. The van der Waals surface area contributed by atoms with Crippen LogP contribution in [0, 0.1) is 0 Å². The fourth-order valence-corrected chi connectivity index (χ4v) is 2.71. The van der Waals surface area contributed by atoms with Crippen LogP contribution in [-0.2, 0) is 4.74 Å². The number of para-hydroxylation sites is 1. The highest BCUT2D eigenvalue weighted by Gasteiger charge is 2.15. The predicted octanol–water partition coefficient (Wildman–Crippen LogP) is 3.39. The number of nitrogens with one attached hydrogen (secondary N) is 3. The maximum Gasteiger partial charge on any atom is 0.340 e. The quantitative estimate of drug-likeness (QED) is 0.334. The lowest BCUT2D eigenvalue weighted by atomic mass is 10.2. The normalized spacial score (nSPS) is 10.2. The summed E-state index contributed by atoms with van der Waals surface area (Å²) in [6.07, 6.45) is 1.26. The summed E-state index contributed by atoms with van der Waals surface area (Å²) in [5, 5.41) is 3.44. The molecule has 2 aromatic carbocycles. The third-order valence-corrected chi connectivity index (χ3v) is 4.18. The van der Waals surface area contributed by atoms with E-state index >= 15 is 0 Å². The number of ether oxygens (including phenoxy) is 1. The lowest BCUT2D eigenvalue weighted by Crippen LogP contribution is -2.30. The molecule has 9 nitrogen and oxygen atoms in total. The van der Waals surface area contributed by atoms with Gasteiger partial charge in [0.25, 0.3) is 5.91 Å². The molecule has 1 amide bonds. The molecule has 0 saturated carbocycles. The number of hydrogen-bond donors (Lipinski definition) is 4. The summed E-state index contributed by atoms with van der Waals surface area (Å²) in [5.74, 6) is -0.462. The first-order valence-corrected chi connectivity index (χ1v) is 9.33. The summed E-state index contributed by atoms with van der Waals surface area (Å²) < 4.78 is 5.06. The fraction of sp³-hybridized carbons (Fsp3) is 0.100. The maximum atomic E-state index is 12.3. The summed E-state index contributed by atoms with van der Waals surface area (Å²) in [5.41, 5.74) is 12.6. The van der Waals surface area contributed by atoms with Crippen LogP contribution in [0.4, 0.5) is 23.0 Å². The van der Waals surface area contributed by atoms with Crippen LogP contribution in [0.1, 0.15) is 27.6 Å². The van der Waals surface area contributed by atoms with Gasteiger partial charge in [-0.05, 0) is 37.3 Å². The van der Waals surface area contributed by atoms with Crippen molar-refractivity contribution < 1.29 is 14.3 Å². The molecule has 1 aromatic heterocycles. The van der Waals surface area contributed by atoms with Crippen molar-refractivity contribution in [2.45, 2.75) is 6.92 Å². The van der Waals surface area contributed by atoms with Gasteiger partial charge in [-0.2, -0.15) is 0 Å². The van der Waals surface area contributed by atoms with Crippen molar-refractivity contribution in [2.75, 3.05) is 23.1 Å². The second kappa shape index (κ2) is 9.57. The Balaban J connectivity index is 1.76. The highest BCUT2D eigenvalue weighted by molar-refractivity contribution is 6.31. The topological polar surface area (TPSA) is 131 Å². The molecule has 0 saturated heterocycles. The first kappa shape index (κ1) is 20.9. The second-order valence-corrected chi connectivity index (χ2v) is 6.40. The van der Waals surface area contributed by atoms with E-state index in [1.54, 1.807) is 49.4 Å². The van der Waals surface area contributed by atoms with Crippen LogP contribution in [-0.4, -0.2) is 28.5 Å². The average molecular weight is 427 g/mol. The van der Waals surface area contributed by atoms with Gasteiger partial charge in [-0.1, -0.05) is 29.8 Å². The Morgan fingerprint density at radius 3 is 2.63 bits per heavy atom. The fourth-order valence-electron chi connectivity index (χ4n) is 2.52. The molecule has 0 unspecified atom stereocenters. The van der Waals surface area contributed by atoms with Gasteiger partial charge in [0.15, 0.2) is 11.6 Å². The maximum absolute atomic E-state index is 12.3. The standard InChI is InChI=1S/C20H19ClN6O3/c1-2-30-20(29)14-8-3-4-9-15(14)25-17-16(22)18(24-11-23-17)26-27-19(28)12-6-5-7-13(21)10-12/h3-11H,2,22H2,1H3,(H,27,28)(H2,23,24,25,26). The number of hydrazine groups is 1. The van der Waals surface area contributed by atoms with E-state index in [1.165, 1.54) is 12.4 Å².